The van der Waals surface area contributed by atoms with E-state index in [9.17, 15) is 22.0 Å². The average Bonchev–Trinajstić information content (AvgIpc) is 3.14. The van der Waals surface area contributed by atoms with Crippen LogP contribution in [0.15, 0.2) is 65.7 Å². The van der Waals surface area contributed by atoms with Gasteiger partial charge in [-0.15, -0.1) is 11.8 Å². The maximum absolute atomic E-state index is 12.9. The van der Waals surface area contributed by atoms with Crippen LogP contribution in [0.25, 0.3) is 11.0 Å². The van der Waals surface area contributed by atoms with Gasteiger partial charge in [0.15, 0.2) is 0 Å². The molecule has 2 aromatic heterocycles. The first-order chi connectivity index (χ1) is 14.8. The Kier molecular flexibility index (Phi) is 5.81. The summed E-state index contributed by atoms with van der Waals surface area (Å²) in [4.78, 5) is 11.4. The first-order valence-electron chi connectivity index (χ1n) is 9.08. The zero-order valence-corrected chi connectivity index (χ0v) is 16.6. The van der Waals surface area contributed by atoms with Gasteiger partial charge in [-0.05, 0) is 42.5 Å². The topological polar surface area (TPSA) is 53.6 Å². The highest BCUT2D eigenvalue weighted by Crippen LogP contribution is 2.31. The molecule has 0 saturated carbocycles. The molecule has 31 heavy (non-hydrogen) atoms. The van der Waals surface area contributed by atoms with Crippen molar-refractivity contribution in [1.82, 2.24) is 15.0 Å². The number of H-pyrrole nitrogens is 1. The lowest BCUT2D eigenvalue weighted by atomic mass is 10.2. The first kappa shape index (κ1) is 21.1. The van der Waals surface area contributed by atoms with Crippen molar-refractivity contribution in [2.45, 2.75) is 23.3 Å². The van der Waals surface area contributed by atoms with Crippen molar-refractivity contribution in [1.29, 1.82) is 0 Å². The quantitative estimate of drug-likeness (QED) is 0.247. The summed E-state index contributed by atoms with van der Waals surface area (Å²) in [6.07, 6.45) is -5.91. The lowest BCUT2D eigenvalue weighted by molar-refractivity contribution is -0.141. The number of anilines is 2. The number of hydrogen-bond donors (Lipinski definition) is 2. The Morgan fingerprint density at radius 2 is 1.81 bits per heavy atom. The minimum absolute atomic E-state index is 0.0725. The standard InChI is InChI=1S/C21H15F5N4S/c22-20(23)12-2-1-3-13(8-12)28-14-4-5-16-17(9-14)30-19(29-16)11-31-15-6-7-27-18(10-15)21(24,25)26/h1-10,20,28H,11H2,(H,29,30). The van der Waals surface area contributed by atoms with Crippen LogP contribution in [0.4, 0.5) is 33.3 Å². The number of nitrogens with one attached hydrogen (secondary N) is 2. The Balaban J connectivity index is 1.47. The maximum Gasteiger partial charge on any atom is 0.433 e. The molecule has 0 saturated heterocycles. The Hall–Kier alpha value is -3.14. The number of rotatable bonds is 6. The first-order valence-corrected chi connectivity index (χ1v) is 10.1. The Morgan fingerprint density at radius 3 is 2.58 bits per heavy atom. The van der Waals surface area contributed by atoms with Crippen LogP contribution in [0.1, 0.15) is 23.5 Å². The number of aromatic amines is 1. The van der Waals surface area contributed by atoms with Gasteiger partial charge in [-0.25, -0.2) is 13.8 Å². The van der Waals surface area contributed by atoms with Crippen LogP contribution in [0.2, 0.25) is 0 Å². The number of nitrogens with zero attached hydrogens (tertiary/aromatic N) is 2. The van der Waals surface area contributed by atoms with E-state index in [-0.39, 0.29) is 5.56 Å². The van der Waals surface area contributed by atoms with E-state index >= 15 is 0 Å². The molecular weight excluding hydrogens is 435 g/mol. The molecule has 4 aromatic rings. The van der Waals surface area contributed by atoms with E-state index < -0.39 is 18.3 Å². The van der Waals surface area contributed by atoms with Crippen LogP contribution in [-0.2, 0) is 11.9 Å². The van der Waals surface area contributed by atoms with E-state index in [1.54, 1.807) is 30.3 Å². The monoisotopic (exact) mass is 450 g/mol. The van der Waals surface area contributed by atoms with Gasteiger partial charge in [0.2, 0.25) is 0 Å². The van der Waals surface area contributed by atoms with Crippen LogP contribution in [0, 0.1) is 0 Å². The largest absolute Gasteiger partial charge is 0.433 e. The van der Waals surface area contributed by atoms with Crippen molar-refractivity contribution in [3.05, 3.63) is 77.9 Å². The molecule has 2 aromatic carbocycles. The predicted molar refractivity (Wildman–Crippen MR) is 110 cm³/mol. The van der Waals surface area contributed by atoms with E-state index in [1.165, 1.54) is 30.0 Å². The molecule has 2 heterocycles. The number of halogens is 5. The van der Waals surface area contributed by atoms with Crippen molar-refractivity contribution < 1.29 is 22.0 Å². The van der Waals surface area contributed by atoms with Crippen molar-refractivity contribution in [2.24, 2.45) is 0 Å². The van der Waals surface area contributed by atoms with Gasteiger partial charge in [-0.3, -0.25) is 4.98 Å². The van der Waals surface area contributed by atoms with Crippen molar-refractivity contribution in [3.8, 4) is 0 Å². The fourth-order valence-corrected chi connectivity index (χ4v) is 3.73. The fourth-order valence-electron chi connectivity index (χ4n) is 2.94. The summed E-state index contributed by atoms with van der Waals surface area (Å²) in [5.74, 6) is 0.942. The summed E-state index contributed by atoms with van der Waals surface area (Å²) >= 11 is 1.21. The van der Waals surface area contributed by atoms with Gasteiger partial charge >= 0.3 is 6.18 Å². The Morgan fingerprint density at radius 1 is 1.00 bits per heavy atom. The molecule has 0 aliphatic rings. The third kappa shape index (κ3) is 5.13. The molecule has 0 spiro atoms. The van der Waals surface area contributed by atoms with Gasteiger partial charge in [0.1, 0.15) is 11.5 Å². The molecule has 0 atom stereocenters. The van der Waals surface area contributed by atoms with Gasteiger partial charge in [0.05, 0.1) is 16.8 Å². The number of benzene rings is 2. The molecule has 0 unspecified atom stereocenters. The molecule has 0 bridgehead atoms. The molecule has 0 aliphatic heterocycles. The minimum atomic E-state index is -4.49. The lowest BCUT2D eigenvalue weighted by Gasteiger charge is -2.08. The van der Waals surface area contributed by atoms with E-state index in [0.29, 0.717) is 33.4 Å². The second-order valence-electron chi connectivity index (χ2n) is 6.63. The van der Waals surface area contributed by atoms with Crippen LogP contribution in [0.3, 0.4) is 0 Å². The second kappa shape index (κ2) is 8.54. The van der Waals surface area contributed by atoms with Crippen LogP contribution in [0.5, 0.6) is 0 Å². The lowest BCUT2D eigenvalue weighted by Crippen LogP contribution is -2.07. The highest BCUT2D eigenvalue weighted by Gasteiger charge is 2.32. The number of pyridine rings is 1. The molecular formula is C21H15F5N4S. The molecule has 0 aliphatic carbocycles. The summed E-state index contributed by atoms with van der Waals surface area (Å²) < 4.78 is 64.1. The molecule has 160 valence electrons. The third-order valence-electron chi connectivity index (χ3n) is 4.36. The highest BCUT2D eigenvalue weighted by atomic mass is 32.2. The summed E-state index contributed by atoms with van der Waals surface area (Å²) in [6.45, 7) is 0. The summed E-state index contributed by atoms with van der Waals surface area (Å²) in [6, 6.07) is 13.8. The molecule has 0 fully saturated rings. The summed E-state index contributed by atoms with van der Waals surface area (Å²) in [5.41, 5.74) is 1.62. The Labute approximate surface area is 177 Å². The molecule has 4 rings (SSSR count). The molecule has 0 radical (unpaired) electrons. The summed E-state index contributed by atoms with van der Waals surface area (Å²) in [5, 5.41) is 3.08. The number of fused-ring (bicyclic) bond motifs is 1. The number of imidazole rings is 1. The van der Waals surface area contributed by atoms with Crippen molar-refractivity contribution in [2.75, 3.05) is 5.32 Å². The average molecular weight is 450 g/mol. The molecule has 4 nitrogen and oxygen atoms in total. The Bertz CT molecular complexity index is 1210. The number of aromatic nitrogens is 3. The zero-order chi connectivity index (χ0) is 22.0. The molecule has 0 amide bonds. The minimum Gasteiger partial charge on any atom is -0.355 e. The number of thioether (sulfide) groups is 1. The number of hydrogen-bond acceptors (Lipinski definition) is 4. The molecule has 10 heteroatoms. The zero-order valence-electron chi connectivity index (χ0n) is 15.8. The van der Waals surface area contributed by atoms with E-state index in [1.807, 2.05) is 0 Å². The maximum atomic E-state index is 12.9. The van der Waals surface area contributed by atoms with Gasteiger partial charge in [-0.2, -0.15) is 13.2 Å². The van der Waals surface area contributed by atoms with Gasteiger partial charge in [0, 0.05) is 28.0 Å². The third-order valence-corrected chi connectivity index (χ3v) is 5.36. The normalized spacial score (nSPS) is 11.9. The van der Waals surface area contributed by atoms with Crippen molar-refractivity contribution in [3.63, 3.8) is 0 Å². The van der Waals surface area contributed by atoms with E-state index in [4.69, 9.17) is 0 Å². The van der Waals surface area contributed by atoms with Gasteiger partial charge in [0.25, 0.3) is 6.43 Å². The van der Waals surface area contributed by atoms with Crippen molar-refractivity contribution >= 4 is 34.2 Å². The van der Waals surface area contributed by atoms with Crippen LogP contribution >= 0.6 is 11.8 Å². The second-order valence-corrected chi connectivity index (χ2v) is 7.68. The summed E-state index contributed by atoms with van der Waals surface area (Å²) in [7, 11) is 0. The van der Waals surface area contributed by atoms with E-state index in [2.05, 4.69) is 20.3 Å². The van der Waals surface area contributed by atoms with Crippen LogP contribution < -0.4 is 5.32 Å². The SMILES string of the molecule is FC(F)c1cccc(Nc2ccc3nc(CSc4ccnc(C(F)(F)F)c4)[nH]c3c2)c1. The smallest absolute Gasteiger partial charge is 0.355 e. The van der Waals surface area contributed by atoms with Gasteiger partial charge in [-0.1, -0.05) is 12.1 Å². The van der Waals surface area contributed by atoms with E-state index in [0.717, 1.165) is 17.8 Å². The number of alkyl halides is 5. The van der Waals surface area contributed by atoms with Gasteiger partial charge < -0.3 is 10.3 Å². The van der Waals surface area contributed by atoms with Crippen LogP contribution in [-0.4, -0.2) is 15.0 Å². The highest BCUT2D eigenvalue weighted by molar-refractivity contribution is 7.98. The fraction of sp³-hybridized carbons (Fsp3) is 0.143. The molecule has 2 N–H and O–H groups in total. The predicted octanol–water partition coefficient (Wildman–Crippen LogP) is 6.95.